The van der Waals surface area contributed by atoms with Crippen LogP contribution in [-0.4, -0.2) is 67.3 Å². The minimum absolute atomic E-state index is 0.00826. The number of hydrogen-bond donors (Lipinski definition) is 1. The van der Waals surface area contributed by atoms with Gasteiger partial charge in [0.15, 0.2) is 11.5 Å². The number of amides is 1. The summed E-state index contributed by atoms with van der Waals surface area (Å²) in [5, 5.41) is 10.9. The second-order valence-corrected chi connectivity index (χ2v) is 7.73. The second kappa shape index (κ2) is 8.90. The summed E-state index contributed by atoms with van der Waals surface area (Å²) in [6.07, 6.45) is 3.69. The van der Waals surface area contributed by atoms with E-state index in [2.05, 4.69) is 4.90 Å². The van der Waals surface area contributed by atoms with Gasteiger partial charge in [0.25, 0.3) is 0 Å². The van der Waals surface area contributed by atoms with Gasteiger partial charge in [0.2, 0.25) is 5.91 Å². The quantitative estimate of drug-likeness (QED) is 0.771. The summed E-state index contributed by atoms with van der Waals surface area (Å²) in [6, 6.07) is 13.7. The van der Waals surface area contributed by atoms with E-state index in [0.717, 1.165) is 36.2 Å². The first-order valence-corrected chi connectivity index (χ1v) is 10.3. The van der Waals surface area contributed by atoms with Gasteiger partial charge < -0.3 is 19.5 Å². The highest BCUT2D eigenvalue weighted by molar-refractivity contribution is 5.91. The molecule has 0 spiro atoms. The number of ether oxygens (including phenoxy) is 2. The molecule has 6 nitrogen and oxygen atoms in total. The van der Waals surface area contributed by atoms with Crippen molar-refractivity contribution < 1.29 is 19.4 Å². The summed E-state index contributed by atoms with van der Waals surface area (Å²) in [4.78, 5) is 16.7. The maximum absolute atomic E-state index is 12.5. The maximum Gasteiger partial charge on any atom is 0.246 e. The fourth-order valence-corrected chi connectivity index (χ4v) is 4.37. The molecule has 2 atom stereocenters. The van der Waals surface area contributed by atoms with E-state index in [9.17, 15) is 9.90 Å². The molecule has 0 radical (unpaired) electrons. The first-order valence-electron chi connectivity index (χ1n) is 10.3. The van der Waals surface area contributed by atoms with Crippen molar-refractivity contribution in [1.82, 2.24) is 9.80 Å². The Morgan fingerprint density at radius 3 is 2.37 bits per heavy atom. The van der Waals surface area contributed by atoms with Gasteiger partial charge in [0.1, 0.15) is 0 Å². The maximum atomic E-state index is 12.5. The van der Waals surface area contributed by atoms with Gasteiger partial charge in [0, 0.05) is 38.3 Å². The highest BCUT2D eigenvalue weighted by Gasteiger charge is 2.37. The first-order chi connectivity index (χ1) is 14.6. The summed E-state index contributed by atoms with van der Waals surface area (Å²) in [5.74, 6) is 1.35. The third-order valence-corrected chi connectivity index (χ3v) is 6.07. The Balaban J connectivity index is 1.37. The number of piperazine rings is 1. The molecule has 1 amide bonds. The Bertz CT molecular complexity index is 920. The Morgan fingerprint density at radius 2 is 1.70 bits per heavy atom. The lowest BCUT2D eigenvalue weighted by Gasteiger charge is -2.38. The van der Waals surface area contributed by atoms with E-state index in [1.807, 2.05) is 53.4 Å². The van der Waals surface area contributed by atoms with E-state index in [1.54, 1.807) is 20.3 Å². The molecular weight excluding hydrogens is 380 g/mol. The molecule has 1 fully saturated rings. The van der Waals surface area contributed by atoms with Crippen LogP contribution in [0.3, 0.4) is 0 Å². The lowest BCUT2D eigenvalue weighted by molar-refractivity contribution is -0.128. The SMILES string of the molecule is COc1cc2c(cc1OC)C(O)C(N1CCN(C(=O)/C=C/c3ccccc3)CC1)C2. The van der Waals surface area contributed by atoms with E-state index in [0.29, 0.717) is 24.6 Å². The van der Waals surface area contributed by atoms with Crippen LogP contribution in [0.4, 0.5) is 0 Å². The van der Waals surface area contributed by atoms with Crippen LogP contribution in [0.1, 0.15) is 22.8 Å². The molecule has 1 saturated heterocycles. The molecule has 2 aliphatic rings. The molecule has 0 aromatic heterocycles. The predicted molar refractivity (Wildman–Crippen MR) is 116 cm³/mol. The van der Waals surface area contributed by atoms with E-state index in [-0.39, 0.29) is 11.9 Å². The van der Waals surface area contributed by atoms with Crippen molar-refractivity contribution in [2.24, 2.45) is 0 Å². The average molecular weight is 408 g/mol. The monoisotopic (exact) mass is 408 g/mol. The normalized spacial score (nSPS) is 21.6. The number of aliphatic hydroxyl groups is 1. The minimum Gasteiger partial charge on any atom is -0.493 e. The topological polar surface area (TPSA) is 62.2 Å². The van der Waals surface area contributed by atoms with Gasteiger partial charge in [-0.1, -0.05) is 30.3 Å². The van der Waals surface area contributed by atoms with Crippen LogP contribution >= 0.6 is 0 Å². The van der Waals surface area contributed by atoms with Gasteiger partial charge in [-0.15, -0.1) is 0 Å². The Morgan fingerprint density at radius 1 is 1.03 bits per heavy atom. The number of rotatable bonds is 5. The molecule has 4 rings (SSSR count). The molecule has 30 heavy (non-hydrogen) atoms. The zero-order valence-corrected chi connectivity index (χ0v) is 17.5. The van der Waals surface area contributed by atoms with E-state index < -0.39 is 6.10 Å². The van der Waals surface area contributed by atoms with Crippen LogP contribution in [0.5, 0.6) is 11.5 Å². The summed E-state index contributed by atoms with van der Waals surface area (Å²) < 4.78 is 10.8. The van der Waals surface area contributed by atoms with Crippen LogP contribution in [0.2, 0.25) is 0 Å². The zero-order valence-electron chi connectivity index (χ0n) is 17.5. The molecule has 1 N–H and O–H groups in total. The molecule has 1 aliphatic carbocycles. The molecule has 2 aromatic rings. The fraction of sp³-hybridized carbons (Fsp3) is 0.375. The Hall–Kier alpha value is -2.83. The van der Waals surface area contributed by atoms with E-state index in [1.165, 1.54) is 0 Å². The smallest absolute Gasteiger partial charge is 0.246 e. The van der Waals surface area contributed by atoms with Gasteiger partial charge >= 0.3 is 0 Å². The van der Waals surface area contributed by atoms with Crippen molar-refractivity contribution in [1.29, 1.82) is 0 Å². The summed E-state index contributed by atoms with van der Waals surface area (Å²) in [6.45, 7) is 2.80. The number of carbonyl (C=O) groups excluding carboxylic acids is 1. The Labute approximate surface area is 177 Å². The molecular formula is C24H28N2O4. The van der Waals surface area contributed by atoms with Crippen molar-refractivity contribution >= 4 is 12.0 Å². The van der Waals surface area contributed by atoms with Crippen molar-refractivity contribution in [2.75, 3.05) is 40.4 Å². The van der Waals surface area contributed by atoms with Crippen molar-refractivity contribution in [2.45, 2.75) is 18.6 Å². The second-order valence-electron chi connectivity index (χ2n) is 7.73. The van der Waals surface area contributed by atoms with Crippen molar-refractivity contribution in [3.8, 4) is 11.5 Å². The van der Waals surface area contributed by atoms with Gasteiger partial charge in [-0.3, -0.25) is 9.69 Å². The molecule has 1 aliphatic heterocycles. The molecule has 0 bridgehead atoms. The molecule has 2 aromatic carbocycles. The third kappa shape index (κ3) is 4.06. The molecule has 158 valence electrons. The van der Waals surface area contributed by atoms with Crippen LogP contribution in [0, 0.1) is 0 Å². The minimum atomic E-state index is -0.569. The molecule has 1 heterocycles. The van der Waals surface area contributed by atoms with Crippen LogP contribution in [-0.2, 0) is 11.2 Å². The number of nitrogens with zero attached hydrogens (tertiary/aromatic N) is 2. The number of carbonyl (C=O) groups is 1. The molecule has 2 unspecified atom stereocenters. The Kier molecular flexibility index (Phi) is 6.06. The molecule has 6 heteroatoms. The van der Waals surface area contributed by atoms with Gasteiger partial charge in [-0.2, -0.15) is 0 Å². The lowest BCUT2D eigenvalue weighted by atomic mass is 10.1. The fourth-order valence-electron chi connectivity index (χ4n) is 4.37. The first kappa shape index (κ1) is 20.4. The average Bonchev–Trinajstić information content (AvgIpc) is 3.12. The van der Waals surface area contributed by atoms with Gasteiger partial charge in [-0.25, -0.2) is 0 Å². The summed E-state index contributed by atoms with van der Waals surface area (Å²) in [7, 11) is 3.22. The van der Waals surface area contributed by atoms with Crippen molar-refractivity contribution in [3.63, 3.8) is 0 Å². The van der Waals surface area contributed by atoms with E-state index >= 15 is 0 Å². The predicted octanol–water partition coefficient (Wildman–Crippen LogP) is 2.52. The van der Waals surface area contributed by atoms with Crippen LogP contribution in [0.15, 0.2) is 48.5 Å². The largest absolute Gasteiger partial charge is 0.493 e. The lowest BCUT2D eigenvalue weighted by Crippen LogP contribution is -2.52. The highest BCUT2D eigenvalue weighted by atomic mass is 16.5. The number of aliphatic hydroxyl groups excluding tert-OH is 1. The van der Waals surface area contributed by atoms with E-state index in [4.69, 9.17) is 9.47 Å². The van der Waals surface area contributed by atoms with Crippen molar-refractivity contribution in [3.05, 3.63) is 65.2 Å². The zero-order chi connectivity index (χ0) is 21.1. The standard InChI is InChI=1S/C24H28N2O4/c1-29-21-15-18-14-20(24(28)19(18)16-22(21)30-2)25-10-12-26(13-11-25)23(27)9-8-17-6-4-3-5-7-17/h3-9,15-16,20,24,28H,10-14H2,1-2H3/b9-8+. The number of benzene rings is 2. The third-order valence-electron chi connectivity index (χ3n) is 6.07. The van der Waals surface area contributed by atoms with Crippen LogP contribution < -0.4 is 9.47 Å². The molecule has 0 saturated carbocycles. The number of hydrogen-bond acceptors (Lipinski definition) is 5. The number of fused-ring (bicyclic) bond motifs is 1. The van der Waals surface area contributed by atoms with Gasteiger partial charge in [0.05, 0.1) is 20.3 Å². The summed E-state index contributed by atoms with van der Waals surface area (Å²) in [5.41, 5.74) is 3.01. The highest BCUT2D eigenvalue weighted by Crippen LogP contribution is 2.41. The van der Waals surface area contributed by atoms with Gasteiger partial charge in [-0.05, 0) is 41.3 Å². The van der Waals surface area contributed by atoms with Crippen LogP contribution in [0.25, 0.3) is 6.08 Å². The number of methoxy groups -OCH3 is 2. The summed E-state index contributed by atoms with van der Waals surface area (Å²) >= 11 is 0.